The Morgan fingerprint density at radius 2 is 1.91 bits per heavy atom. The monoisotopic (exact) mass is 310 g/mol. The highest BCUT2D eigenvalue weighted by molar-refractivity contribution is 6.06. The molecule has 3 rings (SSSR count). The van der Waals surface area contributed by atoms with Gasteiger partial charge in [-0.3, -0.25) is 4.79 Å². The van der Waals surface area contributed by atoms with Gasteiger partial charge in [-0.25, -0.2) is 0 Å². The Kier molecular flexibility index (Phi) is 3.65. The van der Waals surface area contributed by atoms with Crippen LogP contribution in [0.25, 0.3) is 0 Å². The van der Waals surface area contributed by atoms with Gasteiger partial charge >= 0.3 is 0 Å². The van der Waals surface area contributed by atoms with E-state index < -0.39 is 5.41 Å². The van der Waals surface area contributed by atoms with Crippen LogP contribution >= 0.6 is 0 Å². The number of hydrogen-bond acceptors (Lipinski definition) is 3. The Hall–Kier alpha value is -2.33. The third-order valence-electron chi connectivity index (χ3n) is 4.65. The van der Waals surface area contributed by atoms with Crippen molar-refractivity contribution in [1.29, 1.82) is 0 Å². The lowest BCUT2D eigenvalue weighted by Crippen LogP contribution is -2.27. The smallest absolute Gasteiger partial charge is 0.234 e. The highest BCUT2D eigenvalue weighted by atomic mass is 16.5. The lowest BCUT2D eigenvalue weighted by atomic mass is 9.83. The van der Waals surface area contributed by atoms with E-state index in [-0.39, 0.29) is 11.9 Å². The minimum Gasteiger partial charge on any atom is -0.497 e. The number of rotatable bonds is 3. The molecule has 0 bridgehead atoms. The fraction of sp³-hybridized carbons (Fsp3) is 0.316. The van der Waals surface area contributed by atoms with Crippen molar-refractivity contribution < 1.29 is 9.53 Å². The average Bonchev–Trinajstić information content (AvgIpc) is 2.77. The van der Waals surface area contributed by atoms with Crippen LogP contribution in [0.5, 0.6) is 5.75 Å². The first-order chi connectivity index (χ1) is 10.8. The second kappa shape index (κ2) is 5.39. The van der Waals surface area contributed by atoms with E-state index in [9.17, 15) is 4.79 Å². The summed E-state index contributed by atoms with van der Waals surface area (Å²) in [6.45, 7) is 5.88. The van der Waals surface area contributed by atoms with E-state index in [1.54, 1.807) is 7.11 Å². The molecule has 0 radical (unpaired) electrons. The summed E-state index contributed by atoms with van der Waals surface area (Å²) in [4.78, 5) is 12.2. The Balaban J connectivity index is 2.06. The summed E-state index contributed by atoms with van der Waals surface area (Å²) < 4.78 is 5.28. The highest BCUT2D eigenvalue weighted by Crippen LogP contribution is 2.41. The van der Waals surface area contributed by atoms with Crippen molar-refractivity contribution in [3.8, 4) is 5.75 Å². The summed E-state index contributed by atoms with van der Waals surface area (Å²) in [5, 5.41) is 2.98. The van der Waals surface area contributed by atoms with Crippen molar-refractivity contribution >= 4 is 11.6 Å². The summed E-state index contributed by atoms with van der Waals surface area (Å²) >= 11 is 0. The molecule has 0 saturated heterocycles. The molecular weight excluding hydrogens is 288 g/mol. The molecule has 1 aliphatic rings. The number of methoxy groups -OCH3 is 1. The lowest BCUT2D eigenvalue weighted by Gasteiger charge is -2.20. The van der Waals surface area contributed by atoms with E-state index in [0.717, 1.165) is 33.7 Å². The summed E-state index contributed by atoms with van der Waals surface area (Å²) in [5.41, 5.74) is 10.9. The van der Waals surface area contributed by atoms with Crippen LogP contribution < -0.4 is 15.8 Å². The maximum atomic E-state index is 12.2. The first-order valence-corrected chi connectivity index (χ1v) is 7.70. The van der Waals surface area contributed by atoms with Crippen molar-refractivity contribution in [2.24, 2.45) is 5.73 Å². The molecule has 23 heavy (non-hydrogen) atoms. The maximum Gasteiger partial charge on any atom is 0.234 e. The minimum atomic E-state index is -0.537. The average molecular weight is 310 g/mol. The third kappa shape index (κ3) is 2.49. The van der Waals surface area contributed by atoms with Gasteiger partial charge in [0.2, 0.25) is 5.91 Å². The van der Waals surface area contributed by atoms with Gasteiger partial charge < -0.3 is 15.8 Å². The number of ether oxygens (including phenoxy) is 1. The van der Waals surface area contributed by atoms with Crippen LogP contribution in [0.15, 0.2) is 36.4 Å². The van der Waals surface area contributed by atoms with Crippen LogP contribution in [0.3, 0.4) is 0 Å². The molecule has 1 amide bonds. The number of hydrogen-bond donors (Lipinski definition) is 2. The van der Waals surface area contributed by atoms with Gasteiger partial charge in [-0.2, -0.15) is 0 Å². The van der Waals surface area contributed by atoms with Crippen LogP contribution in [0.1, 0.15) is 42.1 Å². The number of benzene rings is 2. The van der Waals surface area contributed by atoms with Gasteiger partial charge in [-0.1, -0.05) is 24.3 Å². The minimum absolute atomic E-state index is 0.0303. The van der Waals surface area contributed by atoms with Crippen LogP contribution in [0.2, 0.25) is 0 Å². The number of nitrogens with one attached hydrogen (secondary N) is 1. The fourth-order valence-corrected chi connectivity index (χ4v) is 3.07. The zero-order valence-corrected chi connectivity index (χ0v) is 13.9. The predicted octanol–water partition coefficient (Wildman–Crippen LogP) is 3.28. The molecule has 1 unspecified atom stereocenters. The van der Waals surface area contributed by atoms with E-state index in [1.165, 1.54) is 0 Å². The van der Waals surface area contributed by atoms with E-state index in [1.807, 2.05) is 57.2 Å². The Morgan fingerprint density at radius 3 is 2.61 bits per heavy atom. The molecule has 0 spiro atoms. The predicted molar refractivity (Wildman–Crippen MR) is 91.9 cm³/mol. The summed E-state index contributed by atoms with van der Waals surface area (Å²) in [6.07, 6.45) is 0. The molecule has 0 aliphatic carbocycles. The molecule has 4 heteroatoms. The van der Waals surface area contributed by atoms with Gasteiger partial charge in [0, 0.05) is 5.69 Å². The summed E-state index contributed by atoms with van der Waals surface area (Å²) in [6, 6.07) is 11.6. The molecule has 1 aliphatic heterocycles. The zero-order valence-electron chi connectivity index (χ0n) is 13.9. The van der Waals surface area contributed by atoms with Gasteiger partial charge in [0.1, 0.15) is 5.75 Å². The third-order valence-corrected chi connectivity index (χ3v) is 4.65. The van der Waals surface area contributed by atoms with Gasteiger partial charge in [-0.15, -0.1) is 0 Å². The second-order valence-corrected chi connectivity index (χ2v) is 6.59. The van der Waals surface area contributed by atoms with Gasteiger partial charge in [0.15, 0.2) is 0 Å². The standard InChI is InChI=1S/C19H22N2O2/c1-11-8-13(10-15-17(11)21-18(22)19(15,2)3)16(20)12-6-5-7-14(9-12)23-4/h5-10,16H,20H2,1-4H3,(H,21,22). The molecule has 120 valence electrons. The van der Waals surface area contributed by atoms with Crippen molar-refractivity contribution in [3.05, 3.63) is 58.7 Å². The molecule has 2 aromatic rings. The van der Waals surface area contributed by atoms with E-state index >= 15 is 0 Å². The van der Waals surface area contributed by atoms with E-state index in [2.05, 4.69) is 5.32 Å². The molecule has 2 aromatic carbocycles. The van der Waals surface area contributed by atoms with Gasteiger partial charge in [-0.05, 0) is 55.2 Å². The molecule has 1 heterocycles. The number of fused-ring (bicyclic) bond motifs is 1. The van der Waals surface area contributed by atoms with Crippen LogP contribution in [-0.2, 0) is 10.2 Å². The first-order valence-electron chi connectivity index (χ1n) is 7.70. The van der Waals surface area contributed by atoms with Crippen LogP contribution in [-0.4, -0.2) is 13.0 Å². The number of carbonyl (C=O) groups is 1. The lowest BCUT2D eigenvalue weighted by molar-refractivity contribution is -0.119. The molecular formula is C19H22N2O2. The molecule has 1 atom stereocenters. The van der Waals surface area contributed by atoms with E-state index in [0.29, 0.717) is 0 Å². The van der Waals surface area contributed by atoms with Crippen molar-refractivity contribution in [3.63, 3.8) is 0 Å². The number of nitrogens with two attached hydrogens (primary N) is 1. The van der Waals surface area contributed by atoms with Gasteiger partial charge in [0.05, 0.1) is 18.6 Å². The number of anilines is 1. The maximum absolute atomic E-state index is 12.2. The fourth-order valence-electron chi connectivity index (χ4n) is 3.07. The normalized spacial score (nSPS) is 16.7. The van der Waals surface area contributed by atoms with Crippen molar-refractivity contribution in [1.82, 2.24) is 0 Å². The Labute approximate surface area is 136 Å². The molecule has 0 saturated carbocycles. The number of carbonyl (C=O) groups excluding carboxylic acids is 1. The Morgan fingerprint density at radius 1 is 1.17 bits per heavy atom. The van der Waals surface area contributed by atoms with Crippen LogP contribution in [0, 0.1) is 6.92 Å². The molecule has 3 N–H and O–H groups in total. The molecule has 4 nitrogen and oxygen atoms in total. The number of amides is 1. The summed E-state index contributed by atoms with van der Waals surface area (Å²) in [7, 11) is 1.64. The van der Waals surface area contributed by atoms with Gasteiger partial charge in [0.25, 0.3) is 0 Å². The Bertz CT molecular complexity index is 781. The van der Waals surface area contributed by atoms with Crippen LogP contribution in [0.4, 0.5) is 5.69 Å². The topological polar surface area (TPSA) is 64.3 Å². The highest BCUT2D eigenvalue weighted by Gasteiger charge is 2.39. The van der Waals surface area contributed by atoms with Crippen molar-refractivity contribution in [2.75, 3.05) is 12.4 Å². The SMILES string of the molecule is COc1cccc(C(N)c2cc(C)c3c(c2)C(C)(C)C(=O)N3)c1. The van der Waals surface area contributed by atoms with E-state index in [4.69, 9.17) is 10.5 Å². The summed E-state index contributed by atoms with van der Waals surface area (Å²) in [5.74, 6) is 0.815. The first kappa shape index (κ1) is 15.6. The second-order valence-electron chi connectivity index (χ2n) is 6.59. The zero-order chi connectivity index (χ0) is 16.8. The number of aryl methyl sites for hydroxylation is 1. The van der Waals surface area contributed by atoms with Crippen molar-refractivity contribution in [2.45, 2.75) is 32.2 Å². The largest absolute Gasteiger partial charge is 0.497 e. The quantitative estimate of drug-likeness (QED) is 0.914. The molecule has 0 aromatic heterocycles. The molecule has 0 fully saturated rings.